The highest BCUT2D eigenvalue weighted by Gasteiger charge is 2.35. The molecule has 20 heavy (non-hydrogen) atoms. The lowest BCUT2D eigenvalue weighted by Crippen LogP contribution is -2.34. The number of H-pyrrole nitrogens is 1. The van der Waals surface area contributed by atoms with Gasteiger partial charge in [0.1, 0.15) is 12.3 Å². The molecule has 3 atom stereocenters. The zero-order valence-electron chi connectivity index (χ0n) is 11.1. The van der Waals surface area contributed by atoms with E-state index in [-0.39, 0.29) is 19.6 Å². The van der Waals surface area contributed by atoms with Crippen LogP contribution in [0.15, 0.2) is 15.8 Å². The summed E-state index contributed by atoms with van der Waals surface area (Å²) in [4.78, 5) is 25.6. The highest BCUT2D eigenvalue weighted by Crippen LogP contribution is 2.27. The Labute approximate surface area is 114 Å². The fraction of sp³-hybridized carbons (Fsp3) is 0.667. The summed E-state index contributed by atoms with van der Waals surface area (Å²) in [6.07, 6.45) is -0.751. The standard InChI is InChI=1S/C12H18N2O6/c1-2-19-6-7-4-14(12(18)13-11(7)17)10-3-8(16)9(5-15)20-10/h4,8-10,15-16H,2-3,5-6H2,1H3,(H,13,17,18)/t8-,9+,10?/m1/s1. The lowest BCUT2D eigenvalue weighted by Gasteiger charge is -2.15. The van der Waals surface area contributed by atoms with Crippen molar-refractivity contribution in [3.63, 3.8) is 0 Å². The van der Waals surface area contributed by atoms with Gasteiger partial charge >= 0.3 is 5.69 Å². The monoisotopic (exact) mass is 286 g/mol. The number of aliphatic hydroxyl groups excluding tert-OH is 2. The van der Waals surface area contributed by atoms with E-state index in [2.05, 4.69) is 4.98 Å². The van der Waals surface area contributed by atoms with Gasteiger partial charge in [0.2, 0.25) is 0 Å². The van der Waals surface area contributed by atoms with Crippen molar-refractivity contribution in [1.29, 1.82) is 0 Å². The molecule has 1 aliphatic heterocycles. The number of hydrogen-bond donors (Lipinski definition) is 3. The molecule has 2 heterocycles. The van der Waals surface area contributed by atoms with Crippen molar-refractivity contribution in [3.05, 3.63) is 32.6 Å². The number of nitrogens with zero attached hydrogens (tertiary/aromatic N) is 1. The summed E-state index contributed by atoms with van der Waals surface area (Å²) in [6.45, 7) is 2.00. The normalized spacial score (nSPS) is 26.1. The van der Waals surface area contributed by atoms with Gasteiger partial charge in [0, 0.05) is 19.2 Å². The van der Waals surface area contributed by atoms with E-state index in [1.807, 2.05) is 0 Å². The number of nitrogens with one attached hydrogen (secondary N) is 1. The molecule has 8 heteroatoms. The van der Waals surface area contributed by atoms with Crippen LogP contribution in [0.5, 0.6) is 0 Å². The van der Waals surface area contributed by atoms with E-state index < -0.39 is 29.7 Å². The van der Waals surface area contributed by atoms with Gasteiger partial charge < -0.3 is 19.7 Å². The highest BCUT2D eigenvalue weighted by atomic mass is 16.5. The molecule has 2 rings (SSSR count). The Hall–Kier alpha value is -1.48. The minimum absolute atomic E-state index is 0.0881. The lowest BCUT2D eigenvalue weighted by atomic mass is 10.2. The van der Waals surface area contributed by atoms with E-state index in [0.29, 0.717) is 12.2 Å². The van der Waals surface area contributed by atoms with Gasteiger partial charge in [0.15, 0.2) is 0 Å². The first-order chi connectivity index (χ1) is 9.56. The first-order valence-electron chi connectivity index (χ1n) is 6.43. The molecule has 0 aromatic carbocycles. The third-order valence-electron chi connectivity index (χ3n) is 3.20. The Morgan fingerprint density at radius 3 is 2.90 bits per heavy atom. The van der Waals surface area contributed by atoms with Gasteiger partial charge in [-0.2, -0.15) is 0 Å². The minimum Gasteiger partial charge on any atom is -0.394 e. The average molecular weight is 286 g/mol. The van der Waals surface area contributed by atoms with E-state index in [1.165, 1.54) is 10.8 Å². The van der Waals surface area contributed by atoms with Crippen LogP contribution in [0.25, 0.3) is 0 Å². The predicted molar refractivity (Wildman–Crippen MR) is 68.3 cm³/mol. The molecule has 0 aliphatic carbocycles. The summed E-state index contributed by atoms with van der Waals surface area (Å²) in [5, 5.41) is 18.7. The second-order valence-corrected chi connectivity index (χ2v) is 4.57. The molecule has 0 saturated carbocycles. The first kappa shape index (κ1) is 14.9. The number of hydrogen-bond acceptors (Lipinski definition) is 6. The Balaban J connectivity index is 2.28. The van der Waals surface area contributed by atoms with Crippen molar-refractivity contribution in [1.82, 2.24) is 9.55 Å². The van der Waals surface area contributed by atoms with Gasteiger partial charge in [0.05, 0.1) is 24.9 Å². The molecule has 1 fully saturated rings. The summed E-state index contributed by atoms with van der Waals surface area (Å²) < 4.78 is 11.7. The van der Waals surface area contributed by atoms with Gasteiger partial charge in [0.25, 0.3) is 5.56 Å². The molecule has 0 radical (unpaired) electrons. The zero-order chi connectivity index (χ0) is 14.7. The summed E-state index contributed by atoms with van der Waals surface area (Å²) >= 11 is 0. The summed E-state index contributed by atoms with van der Waals surface area (Å²) in [5.41, 5.74) is -0.819. The third-order valence-corrected chi connectivity index (χ3v) is 3.20. The van der Waals surface area contributed by atoms with Crippen LogP contribution in [0.1, 0.15) is 25.1 Å². The van der Waals surface area contributed by atoms with Crippen LogP contribution in [0.3, 0.4) is 0 Å². The molecule has 0 amide bonds. The quantitative estimate of drug-likeness (QED) is 0.621. The van der Waals surface area contributed by atoms with Crippen molar-refractivity contribution in [2.75, 3.05) is 13.2 Å². The van der Waals surface area contributed by atoms with E-state index in [0.717, 1.165) is 0 Å². The number of aromatic amines is 1. The van der Waals surface area contributed by atoms with Crippen LogP contribution in [-0.2, 0) is 16.1 Å². The fourth-order valence-electron chi connectivity index (χ4n) is 2.11. The molecule has 0 spiro atoms. The smallest absolute Gasteiger partial charge is 0.330 e. The molecule has 112 valence electrons. The molecular weight excluding hydrogens is 268 g/mol. The van der Waals surface area contributed by atoms with Crippen LogP contribution in [-0.4, -0.2) is 45.2 Å². The van der Waals surface area contributed by atoms with Crippen LogP contribution in [0.4, 0.5) is 0 Å². The number of rotatable bonds is 5. The van der Waals surface area contributed by atoms with Crippen LogP contribution >= 0.6 is 0 Å². The minimum atomic E-state index is -0.848. The topological polar surface area (TPSA) is 114 Å². The zero-order valence-corrected chi connectivity index (χ0v) is 11.1. The number of aromatic nitrogens is 2. The first-order valence-corrected chi connectivity index (χ1v) is 6.43. The van der Waals surface area contributed by atoms with Gasteiger partial charge in [-0.05, 0) is 6.92 Å². The molecular formula is C12H18N2O6. The third kappa shape index (κ3) is 2.98. The molecule has 1 aromatic rings. The molecule has 8 nitrogen and oxygen atoms in total. The van der Waals surface area contributed by atoms with E-state index in [9.17, 15) is 14.7 Å². The van der Waals surface area contributed by atoms with Gasteiger partial charge in [-0.1, -0.05) is 0 Å². The Bertz CT molecular complexity index is 566. The molecule has 1 saturated heterocycles. The second-order valence-electron chi connectivity index (χ2n) is 4.57. The van der Waals surface area contributed by atoms with Gasteiger partial charge in [-0.15, -0.1) is 0 Å². The van der Waals surface area contributed by atoms with E-state index in [1.54, 1.807) is 6.92 Å². The van der Waals surface area contributed by atoms with Crippen LogP contribution < -0.4 is 11.2 Å². The molecule has 1 unspecified atom stereocenters. The van der Waals surface area contributed by atoms with Crippen LogP contribution in [0, 0.1) is 0 Å². The SMILES string of the molecule is CCOCc1cn(C2C[C@@H](O)[C@H](CO)O2)c(=O)[nH]c1=O. The molecule has 3 N–H and O–H groups in total. The summed E-state index contributed by atoms with van der Waals surface area (Å²) in [6, 6.07) is 0. The molecule has 0 bridgehead atoms. The predicted octanol–water partition coefficient (Wildman–Crippen LogP) is -1.29. The number of aliphatic hydroxyl groups is 2. The van der Waals surface area contributed by atoms with Crippen molar-refractivity contribution in [3.8, 4) is 0 Å². The van der Waals surface area contributed by atoms with Crippen LogP contribution in [0.2, 0.25) is 0 Å². The van der Waals surface area contributed by atoms with Gasteiger partial charge in [-0.3, -0.25) is 14.3 Å². The maximum Gasteiger partial charge on any atom is 0.330 e. The second kappa shape index (κ2) is 6.31. The van der Waals surface area contributed by atoms with Crippen molar-refractivity contribution < 1.29 is 19.7 Å². The Morgan fingerprint density at radius 1 is 1.55 bits per heavy atom. The molecule has 1 aromatic heterocycles. The summed E-state index contributed by atoms with van der Waals surface area (Å²) in [7, 11) is 0. The maximum atomic E-state index is 11.8. The van der Waals surface area contributed by atoms with E-state index in [4.69, 9.17) is 14.6 Å². The lowest BCUT2D eigenvalue weighted by molar-refractivity contribution is -0.0461. The Morgan fingerprint density at radius 2 is 2.30 bits per heavy atom. The number of ether oxygens (including phenoxy) is 2. The van der Waals surface area contributed by atoms with Crippen molar-refractivity contribution in [2.24, 2.45) is 0 Å². The molecule has 1 aliphatic rings. The van der Waals surface area contributed by atoms with Gasteiger partial charge in [-0.25, -0.2) is 4.79 Å². The maximum absolute atomic E-state index is 11.8. The summed E-state index contributed by atoms with van der Waals surface area (Å²) in [5.74, 6) is 0. The van der Waals surface area contributed by atoms with E-state index >= 15 is 0 Å². The average Bonchev–Trinajstić information content (AvgIpc) is 2.79. The highest BCUT2D eigenvalue weighted by molar-refractivity contribution is 5.04. The van der Waals surface area contributed by atoms with Crippen molar-refractivity contribution in [2.45, 2.75) is 38.4 Å². The van der Waals surface area contributed by atoms with Crippen molar-refractivity contribution >= 4 is 0 Å². The fourth-order valence-corrected chi connectivity index (χ4v) is 2.11. The largest absolute Gasteiger partial charge is 0.394 e. The Kier molecular flexibility index (Phi) is 4.71.